The topological polar surface area (TPSA) is 22.8 Å². The summed E-state index contributed by atoms with van der Waals surface area (Å²) >= 11 is 0. The first-order valence-corrected chi connectivity index (χ1v) is 14.2. The summed E-state index contributed by atoms with van der Waals surface area (Å²) in [6.45, 7) is 4.72. The molecule has 194 valence electrons. The molecule has 0 bridgehead atoms. The van der Waals surface area contributed by atoms with Gasteiger partial charge in [-0.1, -0.05) is 80.6 Å². The number of aromatic nitrogens is 3. The van der Waals surface area contributed by atoms with E-state index in [2.05, 4.69) is 138 Å². The van der Waals surface area contributed by atoms with Gasteiger partial charge in [-0.2, -0.15) is 0 Å². The first-order chi connectivity index (χ1) is 20.1. The zero-order chi connectivity index (χ0) is 27.3. The van der Waals surface area contributed by atoms with Gasteiger partial charge in [0.15, 0.2) is 0 Å². The molecule has 8 aromatic rings. The van der Waals surface area contributed by atoms with Crippen molar-refractivity contribution in [2.45, 2.75) is 19.3 Å². The zero-order valence-electron chi connectivity index (χ0n) is 23.0. The quantitative estimate of drug-likeness (QED) is 0.220. The lowest BCUT2D eigenvalue weighted by Crippen LogP contribution is -2.14. The molecule has 2 heterocycles. The van der Waals surface area contributed by atoms with Gasteiger partial charge in [0.1, 0.15) is 6.33 Å². The van der Waals surface area contributed by atoms with Crippen LogP contribution in [-0.2, 0) is 5.41 Å². The molecular formula is C38H27N3. The largest absolute Gasteiger partial charge is 0.309 e. The number of para-hydroxylation sites is 2. The number of imidazole rings is 1. The maximum atomic E-state index is 4.70. The molecule has 0 amide bonds. The van der Waals surface area contributed by atoms with Crippen molar-refractivity contribution in [3.05, 3.63) is 139 Å². The number of hydrogen-bond acceptors (Lipinski definition) is 1. The summed E-state index contributed by atoms with van der Waals surface area (Å²) in [4.78, 5) is 4.70. The van der Waals surface area contributed by atoms with E-state index in [-0.39, 0.29) is 5.41 Å². The molecule has 0 unspecified atom stereocenters. The summed E-state index contributed by atoms with van der Waals surface area (Å²) in [5.74, 6) is 0. The van der Waals surface area contributed by atoms with Crippen LogP contribution in [0.25, 0.3) is 66.1 Å². The van der Waals surface area contributed by atoms with Crippen molar-refractivity contribution >= 4 is 43.6 Å². The molecule has 0 N–H and O–H groups in total. The second-order valence-electron chi connectivity index (χ2n) is 11.7. The highest BCUT2D eigenvalue weighted by molar-refractivity contribution is 6.22. The van der Waals surface area contributed by atoms with Crippen LogP contribution in [0.2, 0.25) is 0 Å². The maximum Gasteiger partial charge on any atom is 0.100 e. The minimum atomic E-state index is -0.0401. The average Bonchev–Trinajstić information content (AvgIpc) is 3.65. The number of rotatable bonds is 2. The lowest BCUT2D eigenvalue weighted by molar-refractivity contribution is 0.661. The highest BCUT2D eigenvalue weighted by atomic mass is 15.1. The van der Waals surface area contributed by atoms with Gasteiger partial charge in [-0.05, 0) is 87.6 Å². The third-order valence-corrected chi connectivity index (χ3v) is 9.18. The minimum absolute atomic E-state index is 0.0401. The van der Waals surface area contributed by atoms with Gasteiger partial charge in [0, 0.05) is 27.6 Å². The van der Waals surface area contributed by atoms with Crippen molar-refractivity contribution in [2.24, 2.45) is 0 Å². The van der Waals surface area contributed by atoms with Crippen LogP contribution in [0.5, 0.6) is 0 Å². The van der Waals surface area contributed by atoms with Crippen LogP contribution >= 0.6 is 0 Å². The lowest BCUT2D eigenvalue weighted by Gasteiger charge is -2.21. The van der Waals surface area contributed by atoms with Crippen molar-refractivity contribution in [2.75, 3.05) is 0 Å². The van der Waals surface area contributed by atoms with Gasteiger partial charge < -0.3 is 4.57 Å². The van der Waals surface area contributed by atoms with Gasteiger partial charge in [0.05, 0.1) is 22.1 Å². The van der Waals surface area contributed by atoms with E-state index in [0.717, 1.165) is 22.4 Å². The number of hydrogen-bond donors (Lipinski definition) is 0. The molecule has 0 radical (unpaired) electrons. The van der Waals surface area contributed by atoms with Crippen molar-refractivity contribution in [1.29, 1.82) is 0 Å². The molecular weight excluding hydrogens is 498 g/mol. The highest BCUT2D eigenvalue weighted by Gasteiger charge is 2.35. The van der Waals surface area contributed by atoms with E-state index in [1.54, 1.807) is 0 Å². The van der Waals surface area contributed by atoms with Crippen LogP contribution < -0.4 is 0 Å². The van der Waals surface area contributed by atoms with Crippen molar-refractivity contribution in [3.8, 4) is 22.5 Å². The molecule has 1 aliphatic carbocycles. The van der Waals surface area contributed by atoms with Gasteiger partial charge in [0.25, 0.3) is 0 Å². The Morgan fingerprint density at radius 1 is 0.561 bits per heavy atom. The van der Waals surface area contributed by atoms with Gasteiger partial charge >= 0.3 is 0 Å². The predicted molar refractivity (Wildman–Crippen MR) is 170 cm³/mol. The second-order valence-corrected chi connectivity index (χ2v) is 11.7. The minimum Gasteiger partial charge on any atom is -0.309 e. The summed E-state index contributed by atoms with van der Waals surface area (Å²) in [5.41, 5.74) is 12.3. The summed E-state index contributed by atoms with van der Waals surface area (Å²) in [6.07, 6.45) is 1.92. The molecule has 6 aromatic carbocycles. The molecule has 0 spiro atoms. The van der Waals surface area contributed by atoms with E-state index in [1.165, 1.54) is 54.8 Å². The lowest BCUT2D eigenvalue weighted by atomic mass is 9.81. The smallest absolute Gasteiger partial charge is 0.100 e. The standard InChI is InChI=1S/C38H27N3/c1-38(2)31-14-8-6-12-27(31)30-20-24-16-19-35-37(29(24)22-32(30)38)28-13-7-9-15-34(28)41(35)26-17-18-33-36(21-26)40(23-39-33)25-10-4-3-5-11-25/h3-23H,1-2H3. The first kappa shape index (κ1) is 22.6. The van der Waals surface area contributed by atoms with Crippen LogP contribution in [0.4, 0.5) is 0 Å². The fourth-order valence-electron chi connectivity index (χ4n) is 7.20. The van der Waals surface area contributed by atoms with Crippen LogP contribution in [0.3, 0.4) is 0 Å². The van der Waals surface area contributed by atoms with E-state index in [1.807, 2.05) is 12.4 Å². The van der Waals surface area contributed by atoms with E-state index >= 15 is 0 Å². The molecule has 0 fully saturated rings. The van der Waals surface area contributed by atoms with E-state index in [4.69, 9.17) is 4.98 Å². The summed E-state index contributed by atoms with van der Waals surface area (Å²) in [6, 6.07) is 44.2. The summed E-state index contributed by atoms with van der Waals surface area (Å²) < 4.78 is 4.59. The summed E-state index contributed by atoms with van der Waals surface area (Å²) in [5, 5.41) is 5.18. The zero-order valence-corrected chi connectivity index (χ0v) is 23.0. The van der Waals surface area contributed by atoms with E-state index in [0.29, 0.717) is 0 Å². The Hall–Kier alpha value is -5.15. The van der Waals surface area contributed by atoms with Crippen LogP contribution in [0.15, 0.2) is 128 Å². The van der Waals surface area contributed by atoms with Gasteiger partial charge in [-0.25, -0.2) is 4.98 Å². The average molecular weight is 526 g/mol. The molecule has 0 saturated heterocycles. The summed E-state index contributed by atoms with van der Waals surface area (Å²) in [7, 11) is 0. The Labute approximate surface area is 237 Å². The monoisotopic (exact) mass is 525 g/mol. The molecule has 9 rings (SSSR count). The number of nitrogens with zero attached hydrogens (tertiary/aromatic N) is 3. The molecule has 3 heteroatoms. The highest BCUT2D eigenvalue weighted by Crippen LogP contribution is 2.50. The molecule has 41 heavy (non-hydrogen) atoms. The van der Waals surface area contributed by atoms with E-state index < -0.39 is 0 Å². The molecule has 0 atom stereocenters. The van der Waals surface area contributed by atoms with Crippen LogP contribution in [0, 0.1) is 0 Å². The Bertz CT molecular complexity index is 2330. The fraction of sp³-hybridized carbons (Fsp3) is 0.0789. The van der Waals surface area contributed by atoms with Crippen LogP contribution in [0.1, 0.15) is 25.0 Å². The molecule has 2 aromatic heterocycles. The Kier molecular flexibility index (Phi) is 4.39. The van der Waals surface area contributed by atoms with E-state index in [9.17, 15) is 0 Å². The predicted octanol–water partition coefficient (Wildman–Crippen LogP) is 9.58. The molecule has 3 nitrogen and oxygen atoms in total. The third-order valence-electron chi connectivity index (χ3n) is 9.18. The first-order valence-electron chi connectivity index (χ1n) is 14.2. The number of benzene rings is 6. The van der Waals surface area contributed by atoms with Gasteiger partial charge in [-0.3, -0.25) is 4.57 Å². The SMILES string of the molecule is CC1(C)c2ccccc2-c2cc3ccc4c(c3cc21)c1ccccc1n4-c1ccc2ncn(-c3ccccc3)c2c1. The normalized spacial score (nSPS) is 13.8. The molecule has 0 saturated carbocycles. The third kappa shape index (κ3) is 3.01. The van der Waals surface area contributed by atoms with Gasteiger partial charge in [-0.15, -0.1) is 0 Å². The van der Waals surface area contributed by atoms with Crippen molar-refractivity contribution < 1.29 is 0 Å². The van der Waals surface area contributed by atoms with Crippen molar-refractivity contribution in [1.82, 2.24) is 14.1 Å². The Morgan fingerprint density at radius 2 is 1.37 bits per heavy atom. The van der Waals surface area contributed by atoms with Gasteiger partial charge in [0.2, 0.25) is 0 Å². The Balaban J connectivity index is 1.34. The molecule has 0 aliphatic heterocycles. The van der Waals surface area contributed by atoms with Crippen molar-refractivity contribution in [3.63, 3.8) is 0 Å². The number of fused-ring (bicyclic) bond motifs is 9. The Morgan fingerprint density at radius 3 is 2.27 bits per heavy atom. The van der Waals surface area contributed by atoms with Crippen LogP contribution in [-0.4, -0.2) is 14.1 Å². The fourth-order valence-corrected chi connectivity index (χ4v) is 7.20. The second kappa shape index (κ2) is 7.96. The maximum absolute atomic E-state index is 4.70. The molecule has 1 aliphatic rings.